The highest BCUT2D eigenvalue weighted by Gasteiger charge is 2.14. The Bertz CT molecular complexity index is 1090. The maximum absolute atomic E-state index is 14.2. The Balaban J connectivity index is 0.00000240. The molecule has 3 rings (SSSR count). The van der Waals surface area contributed by atoms with E-state index in [4.69, 9.17) is 15.2 Å². The third kappa shape index (κ3) is 6.68. The van der Waals surface area contributed by atoms with Crippen molar-refractivity contribution in [1.29, 1.82) is 0 Å². The molecular weight excluding hydrogens is 450 g/mol. The van der Waals surface area contributed by atoms with Gasteiger partial charge in [-0.05, 0) is 35.9 Å². The summed E-state index contributed by atoms with van der Waals surface area (Å²) in [6.45, 7) is 0.276. The summed E-state index contributed by atoms with van der Waals surface area (Å²) >= 11 is 0. The van der Waals surface area contributed by atoms with E-state index in [1.54, 1.807) is 18.2 Å². The SMILES string of the molecule is COc1ccc(C(=O)NCc2cc(=O)[nH]cn2)cc1Oc1ccc(CN)cc1F.Cl.Cl. The number of ether oxygens (including phenoxy) is 2. The smallest absolute Gasteiger partial charge is 0.251 e. The zero-order chi connectivity index (χ0) is 20.8. The van der Waals surface area contributed by atoms with Crippen LogP contribution in [0.15, 0.2) is 53.6 Å². The van der Waals surface area contributed by atoms with Gasteiger partial charge in [0.15, 0.2) is 23.1 Å². The lowest BCUT2D eigenvalue weighted by atomic mass is 10.1. The first-order valence-electron chi connectivity index (χ1n) is 8.66. The van der Waals surface area contributed by atoms with E-state index in [-0.39, 0.29) is 60.5 Å². The second kappa shape index (κ2) is 11.9. The molecule has 2 aromatic carbocycles. The fraction of sp³-hybridized carbons (Fsp3) is 0.150. The van der Waals surface area contributed by atoms with Crippen LogP contribution in [0.2, 0.25) is 0 Å². The highest BCUT2D eigenvalue weighted by molar-refractivity contribution is 5.94. The van der Waals surface area contributed by atoms with Crippen molar-refractivity contribution < 1.29 is 18.7 Å². The van der Waals surface area contributed by atoms with Gasteiger partial charge in [0.2, 0.25) is 0 Å². The van der Waals surface area contributed by atoms with Crippen LogP contribution in [-0.2, 0) is 13.1 Å². The summed E-state index contributed by atoms with van der Waals surface area (Å²) in [5.74, 6) is -0.511. The van der Waals surface area contributed by atoms with Gasteiger partial charge in [-0.25, -0.2) is 9.37 Å². The van der Waals surface area contributed by atoms with Crippen LogP contribution in [0.1, 0.15) is 21.6 Å². The molecule has 0 spiro atoms. The topological polar surface area (TPSA) is 119 Å². The van der Waals surface area contributed by atoms with E-state index >= 15 is 0 Å². The molecule has 1 aromatic heterocycles. The molecule has 166 valence electrons. The van der Waals surface area contributed by atoms with Crippen molar-refractivity contribution in [2.75, 3.05) is 7.11 Å². The first-order chi connectivity index (χ1) is 14.0. The molecular formula is C20H21Cl2FN4O4. The van der Waals surface area contributed by atoms with Crippen molar-refractivity contribution in [1.82, 2.24) is 15.3 Å². The molecule has 8 nitrogen and oxygen atoms in total. The van der Waals surface area contributed by atoms with Crippen molar-refractivity contribution in [3.63, 3.8) is 0 Å². The Hall–Kier alpha value is -3.14. The van der Waals surface area contributed by atoms with Crippen LogP contribution >= 0.6 is 24.8 Å². The maximum atomic E-state index is 14.2. The standard InChI is InChI=1S/C20H19FN4O4.2ClH/c1-28-17-5-3-13(20(27)23-10-14-8-19(26)25-11-24-14)7-18(17)29-16-4-2-12(9-22)6-15(16)21;;/h2-8,11H,9-10,22H2,1H3,(H,23,27)(H,24,25,26);2*1H. The minimum absolute atomic E-state index is 0. The summed E-state index contributed by atoms with van der Waals surface area (Å²) in [5, 5.41) is 2.66. The monoisotopic (exact) mass is 470 g/mol. The number of carbonyl (C=O) groups is 1. The van der Waals surface area contributed by atoms with E-state index in [9.17, 15) is 14.0 Å². The predicted molar refractivity (Wildman–Crippen MR) is 118 cm³/mol. The molecule has 31 heavy (non-hydrogen) atoms. The van der Waals surface area contributed by atoms with E-state index in [0.717, 1.165) is 0 Å². The van der Waals surface area contributed by atoms with Crippen LogP contribution in [0, 0.1) is 5.82 Å². The highest BCUT2D eigenvalue weighted by Crippen LogP contribution is 2.33. The normalized spacial score (nSPS) is 9.77. The van der Waals surface area contributed by atoms with E-state index in [1.165, 1.54) is 37.7 Å². The Labute approximate surface area is 189 Å². The molecule has 0 unspecified atom stereocenters. The lowest BCUT2D eigenvalue weighted by molar-refractivity contribution is 0.0950. The van der Waals surface area contributed by atoms with Crippen LogP contribution < -0.4 is 26.1 Å². The number of hydrogen-bond donors (Lipinski definition) is 3. The summed E-state index contributed by atoms with van der Waals surface area (Å²) in [6, 6.07) is 10.2. The minimum atomic E-state index is -0.578. The molecule has 0 fully saturated rings. The molecule has 0 aliphatic heterocycles. The average molecular weight is 471 g/mol. The van der Waals surface area contributed by atoms with Crippen LogP contribution in [0.5, 0.6) is 17.2 Å². The molecule has 1 heterocycles. The van der Waals surface area contributed by atoms with Crippen LogP contribution in [-0.4, -0.2) is 23.0 Å². The summed E-state index contributed by atoms with van der Waals surface area (Å²) in [7, 11) is 1.44. The number of rotatable bonds is 7. The minimum Gasteiger partial charge on any atom is -0.493 e. The molecule has 11 heteroatoms. The number of nitrogens with zero attached hydrogens (tertiary/aromatic N) is 1. The second-order valence-corrected chi connectivity index (χ2v) is 6.02. The molecule has 0 saturated carbocycles. The highest BCUT2D eigenvalue weighted by atomic mass is 35.5. The van der Waals surface area contributed by atoms with Crippen molar-refractivity contribution in [2.24, 2.45) is 5.73 Å². The number of nitrogens with two attached hydrogens (primary N) is 1. The van der Waals surface area contributed by atoms with Gasteiger partial charge in [-0.3, -0.25) is 9.59 Å². The number of nitrogens with one attached hydrogen (secondary N) is 2. The lowest BCUT2D eigenvalue weighted by Gasteiger charge is -2.13. The number of hydrogen-bond acceptors (Lipinski definition) is 6. The van der Waals surface area contributed by atoms with Gasteiger partial charge in [0.25, 0.3) is 11.5 Å². The summed E-state index contributed by atoms with van der Waals surface area (Å²) in [4.78, 5) is 30.1. The van der Waals surface area contributed by atoms with Crippen molar-refractivity contribution in [2.45, 2.75) is 13.1 Å². The van der Waals surface area contributed by atoms with Gasteiger partial charge in [-0.2, -0.15) is 0 Å². The van der Waals surface area contributed by atoms with Gasteiger partial charge in [0.05, 0.1) is 25.7 Å². The third-order valence-electron chi connectivity index (χ3n) is 4.04. The van der Waals surface area contributed by atoms with E-state index in [1.807, 2.05) is 0 Å². The number of carbonyl (C=O) groups excluding carboxylic acids is 1. The maximum Gasteiger partial charge on any atom is 0.251 e. The number of methoxy groups -OCH3 is 1. The molecule has 1 amide bonds. The molecule has 0 saturated heterocycles. The lowest BCUT2D eigenvalue weighted by Crippen LogP contribution is -2.24. The van der Waals surface area contributed by atoms with Gasteiger partial charge < -0.3 is 25.5 Å². The number of benzene rings is 2. The summed E-state index contributed by atoms with van der Waals surface area (Å²) in [6.07, 6.45) is 1.26. The number of amides is 1. The fourth-order valence-electron chi connectivity index (χ4n) is 2.55. The first kappa shape index (κ1) is 25.9. The number of H-pyrrole nitrogens is 1. The van der Waals surface area contributed by atoms with Gasteiger partial charge in [0, 0.05) is 18.2 Å². The van der Waals surface area contributed by atoms with Crippen LogP contribution in [0.3, 0.4) is 0 Å². The van der Waals surface area contributed by atoms with E-state index in [0.29, 0.717) is 17.0 Å². The third-order valence-corrected chi connectivity index (χ3v) is 4.04. The summed E-state index contributed by atoms with van der Waals surface area (Å²) in [5.41, 5.74) is 6.50. The van der Waals surface area contributed by atoms with Gasteiger partial charge in [0.1, 0.15) is 0 Å². The van der Waals surface area contributed by atoms with Crippen LogP contribution in [0.4, 0.5) is 4.39 Å². The molecule has 4 N–H and O–H groups in total. The molecule has 0 atom stereocenters. The first-order valence-corrected chi connectivity index (χ1v) is 8.66. The van der Waals surface area contributed by atoms with Crippen molar-refractivity contribution in [3.05, 3.63) is 81.8 Å². The largest absolute Gasteiger partial charge is 0.493 e. The van der Waals surface area contributed by atoms with Crippen molar-refractivity contribution >= 4 is 30.7 Å². The summed E-state index contributed by atoms with van der Waals surface area (Å²) < 4.78 is 25.1. The van der Waals surface area contributed by atoms with Gasteiger partial charge >= 0.3 is 0 Å². The fourth-order valence-corrected chi connectivity index (χ4v) is 2.55. The molecule has 0 aliphatic rings. The quantitative estimate of drug-likeness (QED) is 0.488. The number of aromatic amines is 1. The molecule has 0 aliphatic carbocycles. The Morgan fingerprint density at radius 3 is 2.52 bits per heavy atom. The Kier molecular flexibility index (Phi) is 9.94. The van der Waals surface area contributed by atoms with E-state index < -0.39 is 11.7 Å². The average Bonchev–Trinajstić information content (AvgIpc) is 2.73. The molecule has 3 aromatic rings. The predicted octanol–water partition coefficient (Wildman–Crippen LogP) is 2.94. The Morgan fingerprint density at radius 1 is 1.13 bits per heavy atom. The van der Waals surface area contributed by atoms with Gasteiger partial charge in [-0.15, -0.1) is 24.8 Å². The zero-order valence-corrected chi connectivity index (χ0v) is 18.0. The van der Waals surface area contributed by atoms with Crippen LogP contribution in [0.25, 0.3) is 0 Å². The molecule has 0 radical (unpaired) electrons. The molecule has 0 bridgehead atoms. The van der Waals surface area contributed by atoms with Gasteiger partial charge in [-0.1, -0.05) is 6.07 Å². The number of halogens is 3. The van der Waals surface area contributed by atoms with Crippen molar-refractivity contribution in [3.8, 4) is 17.2 Å². The Morgan fingerprint density at radius 2 is 1.87 bits per heavy atom. The number of aromatic nitrogens is 2. The second-order valence-electron chi connectivity index (χ2n) is 6.02. The zero-order valence-electron chi connectivity index (χ0n) is 16.4. The van der Waals surface area contributed by atoms with E-state index in [2.05, 4.69) is 15.3 Å².